The quantitative estimate of drug-likeness (QED) is 0.832. The van der Waals surface area contributed by atoms with Crippen LogP contribution in [0.2, 0.25) is 0 Å². The molecule has 0 heterocycles. The minimum Gasteiger partial charge on any atom is -0.508 e. The molecule has 2 aromatic rings. The van der Waals surface area contributed by atoms with Crippen LogP contribution in [0.25, 0.3) is 11.1 Å². The molecule has 0 aliphatic rings. The highest BCUT2D eigenvalue weighted by Gasteiger charge is 2.13. The third kappa shape index (κ3) is 2.57. The van der Waals surface area contributed by atoms with Crippen molar-refractivity contribution in [2.45, 2.75) is 4.90 Å². The number of phenols is 2. The predicted molar refractivity (Wildman–Crippen MR) is 68.2 cm³/mol. The fourth-order valence-corrected chi connectivity index (χ4v) is 2.35. The Kier molecular flexibility index (Phi) is 3.19. The number of hydrogen-bond donors (Lipinski definition) is 2. The van der Waals surface area contributed by atoms with Crippen molar-refractivity contribution in [1.82, 2.24) is 0 Å². The summed E-state index contributed by atoms with van der Waals surface area (Å²) in [5, 5.41) is 19.1. The Morgan fingerprint density at radius 2 is 1.72 bits per heavy atom. The van der Waals surface area contributed by atoms with Crippen molar-refractivity contribution in [3.63, 3.8) is 0 Å². The lowest BCUT2D eigenvalue weighted by atomic mass is 10.0. The maximum absolute atomic E-state index is 11.1. The van der Waals surface area contributed by atoms with Gasteiger partial charge in [-0.05, 0) is 29.8 Å². The summed E-state index contributed by atoms with van der Waals surface area (Å²) in [4.78, 5) is -0.175. The molecule has 0 aromatic heterocycles. The zero-order valence-corrected chi connectivity index (χ0v) is 10.6. The molecule has 0 radical (unpaired) electrons. The maximum atomic E-state index is 11.1. The molecule has 18 heavy (non-hydrogen) atoms. The summed E-state index contributed by atoms with van der Waals surface area (Å²) in [6.45, 7) is 0. The van der Waals surface area contributed by atoms with Gasteiger partial charge in [-0.2, -0.15) is 0 Å². The molecule has 0 aliphatic heterocycles. The Labute approximate surface area is 109 Å². The van der Waals surface area contributed by atoms with E-state index < -0.39 is 9.05 Å². The van der Waals surface area contributed by atoms with Gasteiger partial charge in [-0.15, -0.1) is 0 Å². The molecule has 0 aliphatic carbocycles. The molecule has 4 nitrogen and oxygen atoms in total. The molecule has 0 saturated carbocycles. The average molecular weight is 285 g/mol. The van der Waals surface area contributed by atoms with Gasteiger partial charge in [0.1, 0.15) is 11.5 Å². The van der Waals surface area contributed by atoms with Gasteiger partial charge in [0.15, 0.2) is 0 Å². The van der Waals surface area contributed by atoms with Crippen LogP contribution in [0, 0.1) is 0 Å². The summed E-state index contributed by atoms with van der Waals surface area (Å²) in [6.07, 6.45) is 0. The van der Waals surface area contributed by atoms with Crippen molar-refractivity contribution in [2.75, 3.05) is 0 Å². The number of halogens is 1. The summed E-state index contributed by atoms with van der Waals surface area (Å²) in [5.74, 6) is -0.164. The molecular weight excluding hydrogens is 276 g/mol. The van der Waals surface area contributed by atoms with Crippen LogP contribution in [-0.2, 0) is 9.05 Å². The van der Waals surface area contributed by atoms with Crippen molar-refractivity contribution in [3.8, 4) is 22.6 Å². The number of benzene rings is 2. The molecular formula is C12H9ClO4S. The minimum atomic E-state index is -3.87. The van der Waals surface area contributed by atoms with E-state index in [0.29, 0.717) is 11.1 Å². The lowest BCUT2D eigenvalue weighted by Gasteiger charge is -2.06. The monoisotopic (exact) mass is 284 g/mol. The Morgan fingerprint density at radius 3 is 2.28 bits per heavy atom. The second-order valence-corrected chi connectivity index (χ2v) is 6.23. The van der Waals surface area contributed by atoms with Gasteiger partial charge in [-0.25, -0.2) is 8.42 Å². The molecule has 0 bridgehead atoms. The largest absolute Gasteiger partial charge is 0.508 e. The summed E-state index contributed by atoms with van der Waals surface area (Å²) < 4.78 is 22.2. The van der Waals surface area contributed by atoms with Crippen molar-refractivity contribution < 1.29 is 18.6 Å². The van der Waals surface area contributed by atoms with Crippen molar-refractivity contribution >= 4 is 19.7 Å². The highest BCUT2D eigenvalue weighted by Crippen LogP contribution is 2.33. The zero-order valence-electron chi connectivity index (χ0n) is 9.04. The number of hydrogen-bond acceptors (Lipinski definition) is 4. The van der Waals surface area contributed by atoms with Gasteiger partial charge in [0.2, 0.25) is 0 Å². The van der Waals surface area contributed by atoms with Crippen LogP contribution < -0.4 is 0 Å². The van der Waals surface area contributed by atoms with Crippen LogP contribution >= 0.6 is 10.7 Å². The van der Waals surface area contributed by atoms with E-state index >= 15 is 0 Å². The van der Waals surface area contributed by atoms with Gasteiger partial charge in [0.05, 0.1) is 4.90 Å². The Morgan fingerprint density at radius 1 is 1.00 bits per heavy atom. The molecule has 0 amide bonds. The normalized spacial score (nSPS) is 11.4. The first kappa shape index (κ1) is 12.7. The van der Waals surface area contributed by atoms with Crippen molar-refractivity contribution in [3.05, 3.63) is 42.5 Å². The minimum absolute atomic E-state index is 0.0564. The Balaban J connectivity index is 2.55. The number of phenolic OH excluding ortho intramolecular Hbond substituents is 2. The van der Waals surface area contributed by atoms with E-state index in [0.717, 1.165) is 6.07 Å². The third-order valence-corrected chi connectivity index (χ3v) is 3.76. The molecule has 6 heteroatoms. The standard InChI is InChI=1S/C12H9ClO4S/c13-18(16,17)10-4-5-11(12(15)7-10)8-2-1-3-9(14)6-8/h1-7,14-15H. The van der Waals surface area contributed by atoms with Crippen molar-refractivity contribution in [2.24, 2.45) is 0 Å². The molecule has 0 atom stereocenters. The van der Waals surface area contributed by atoms with E-state index in [9.17, 15) is 18.6 Å². The van der Waals surface area contributed by atoms with E-state index in [1.165, 1.54) is 24.3 Å². The first-order chi connectivity index (χ1) is 8.38. The molecule has 2 aromatic carbocycles. The van der Waals surface area contributed by atoms with Crippen LogP contribution in [0.3, 0.4) is 0 Å². The highest BCUT2D eigenvalue weighted by molar-refractivity contribution is 8.13. The zero-order chi connectivity index (χ0) is 13.3. The van der Waals surface area contributed by atoms with Gasteiger partial charge in [-0.3, -0.25) is 0 Å². The van der Waals surface area contributed by atoms with Gasteiger partial charge >= 0.3 is 0 Å². The van der Waals surface area contributed by atoms with E-state index in [-0.39, 0.29) is 16.4 Å². The first-order valence-corrected chi connectivity index (χ1v) is 7.26. The van der Waals surface area contributed by atoms with E-state index in [1.807, 2.05) is 0 Å². The second kappa shape index (κ2) is 4.51. The Bertz CT molecular complexity index is 695. The molecule has 0 fully saturated rings. The number of aromatic hydroxyl groups is 2. The molecule has 94 valence electrons. The fraction of sp³-hybridized carbons (Fsp3) is 0. The second-order valence-electron chi connectivity index (χ2n) is 3.67. The maximum Gasteiger partial charge on any atom is 0.261 e. The van der Waals surface area contributed by atoms with Gasteiger partial charge < -0.3 is 10.2 Å². The average Bonchev–Trinajstić information content (AvgIpc) is 2.27. The van der Waals surface area contributed by atoms with Crippen LogP contribution in [0.15, 0.2) is 47.4 Å². The molecule has 0 unspecified atom stereocenters. The predicted octanol–water partition coefficient (Wildman–Crippen LogP) is 2.69. The summed E-state index contributed by atoms with van der Waals surface area (Å²) in [6, 6.07) is 10.1. The van der Waals surface area contributed by atoms with Crippen LogP contribution in [-0.4, -0.2) is 18.6 Å². The molecule has 2 rings (SSSR count). The van der Waals surface area contributed by atoms with Crippen LogP contribution in [0.5, 0.6) is 11.5 Å². The highest BCUT2D eigenvalue weighted by atomic mass is 35.7. The molecule has 2 N–H and O–H groups in total. The van der Waals surface area contributed by atoms with Gasteiger partial charge in [-0.1, -0.05) is 12.1 Å². The topological polar surface area (TPSA) is 74.6 Å². The smallest absolute Gasteiger partial charge is 0.261 e. The van der Waals surface area contributed by atoms with Crippen molar-refractivity contribution in [1.29, 1.82) is 0 Å². The lowest BCUT2D eigenvalue weighted by molar-refractivity contribution is 0.473. The third-order valence-electron chi connectivity index (χ3n) is 2.41. The number of rotatable bonds is 2. The molecule has 0 saturated heterocycles. The molecule has 0 spiro atoms. The SMILES string of the molecule is O=S(=O)(Cl)c1ccc(-c2cccc(O)c2)c(O)c1. The summed E-state index contributed by atoms with van der Waals surface area (Å²) >= 11 is 0. The van der Waals surface area contributed by atoms with Gasteiger partial charge in [0, 0.05) is 22.3 Å². The van der Waals surface area contributed by atoms with E-state index in [4.69, 9.17) is 10.7 Å². The lowest BCUT2D eigenvalue weighted by Crippen LogP contribution is -1.90. The van der Waals surface area contributed by atoms with Crippen LogP contribution in [0.1, 0.15) is 0 Å². The first-order valence-electron chi connectivity index (χ1n) is 4.95. The van der Waals surface area contributed by atoms with E-state index in [2.05, 4.69) is 0 Å². The van der Waals surface area contributed by atoms with Gasteiger partial charge in [0.25, 0.3) is 9.05 Å². The fourth-order valence-electron chi connectivity index (χ4n) is 1.58. The summed E-state index contributed by atoms with van der Waals surface area (Å²) in [5.41, 5.74) is 0.987. The van der Waals surface area contributed by atoms with E-state index in [1.54, 1.807) is 12.1 Å². The Hall–Kier alpha value is -1.72. The summed E-state index contributed by atoms with van der Waals surface area (Å²) in [7, 11) is 1.31. The van der Waals surface area contributed by atoms with Crippen LogP contribution in [0.4, 0.5) is 0 Å².